The maximum absolute atomic E-state index is 12.2. The lowest BCUT2D eigenvalue weighted by molar-refractivity contribution is -0.133. The molecule has 0 radical (unpaired) electrons. The van der Waals surface area contributed by atoms with Gasteiger partial charge in [-0.2, -0.15) is 0 Å². The second-order valence-electron chi connectivity index (χ2n) is 7.62. The summed E-state index contributed by atoms with van der Waals surface area (Å²) in [5.41, 5.74) is 1.42. The van der Waals surface area contributed by atoms with E-state index in [1.807, 2.05) is 13.0 Å². The molecule has 0 unspecified atom stereocenters. The molecule has 0 spiro atoms. The highest BCUT2D eigenvalue weighted by atomic mass is 16.4. The Labute approximate surface area is 169 Å². The van der Waals surface area contributed by atoms with Crippen LogP contribution in [0.15, 0.2) is 33.5 Å². The number of amides is 3. The zero-order valence-electron chi connectivity index (χ0n) is 17.2. The number of nitrogens with one attached hydrogen (secondary N) is 2. The molecule has 8 heteroatoms. The van der Waals surface area contributed by atoms with Gasteiger partial charge in [-0.1, -0.05) is 0 Å². The summed E-state index contributed by atoms with van der Waals surface area (Å²) in [5.74, 6) is 0.145. The van der Waals surface area contributed by atoms with Crippen molar-refractivity contribution >= 4 is 28.6 Å². The summed E-state index contributed by atoms with van der Waals surface area (Å²) < 4.78 is 5.20. The van der Waals surface area contributed by atoms with Gasteiger partial charge in [0.2, 0.25) is 5.91 Å². The van der Waals surface area contributed by atoms with Crippen LogP contribution in [0.5, 0.6) is 0 Å². The lowest BCUT2D eigenvalue weighted by Crippen LogP contribution is -2.43. The van der Waals surface area contributed by atoms with Crippen LogP contribution in [0.4, 0.5) is 10.5 Å². The van der Waals surface area contributed by atoms with Crippen molar-refractivity contribution in [1.29, 1.82) is 0 Å². The van der Waals surface area contributed by atoms with Crippen molar-refractivity contribution in [2.75, 3.05) is 39.0 Å². The highest BCUT2D eigenvalue weighted by Gasteiger charge is 2.30. The first-order valence-electron chi connectivity index (χ1n) is 9.90. The average Bonchev–Trinajstić information content (AvgIpc) is 3.12. The number of carbonyl (C=O) groups is 2. The molecule has 1 aromatic heterocycles. The Morgan fingerprint density at radius 3 is 2.83 bits per heavy atom. The van der Waals surface area contributed by atoms with Crippen molar-refractivity contribution in [3.8, 4) is 0 Å². The van der Waals surface area contributed by atoms with Gasteiger partial charge in [-0.3, -0.25) is 9.69 Å². The molecule has 1 aromatic carbocycles. The molecule has 29 heavy (non-hydrogen) atoms. The smallest absolute Gasteiger partial charge is 0.336 e. The Hall–Kier alpha value is -2.87. The molecule has 0 aliphatic carbocycles. The number of rotatable bonds is 6. The summed E-state index contributed by atoms with van der Waals surface area (Å²) in [5, 5.41) is 6.42. The predicted molar refractivity (Wildman–Crippen MR) is 112 cm³/mol. The molecule has 1 fully saturated rings. The quantitative estimate of drug-likeness (QED) is 0.572. The van der Waals surface area contributed by atoms with Gasteiger partial charge in [0.05, 0.1) is 6.04 Å². The van der Waals surface area contributed by atoms with E-state index in [9.17, 15) is 14.4 Å². The number of hydrogen-bond acceptors (Lipinski definition) is 5. The molecule has 2 heterocycles. The number of benzene rings is 1. The van der Waals surface area contributed by atoms with Crippen LogP contribution in [0, 0.1) is 6.92 Å². The fourth-order valence-electron chi connectivity index (χ4n) is 3.73. The molecule has 2 aromatic rings. The monoisotopic (exact) mass is 400 g/mol. The standard InChI is InChI=1S/C21H28N4O4/c1-14-12-19(26)29-18-13-15(7-8-16(14)18)23-21(28)22-9-5-11-25-10-4-6-17(25)20(27)24(2)3/h7-8,12-13,17H,4-6,9-11H2,1-3H3,(H2,22,23,28)/t17-/m0/s1. The number of urea groups is 1. The van der Waals surface area contributed by atoms with E-state index >= 15 is 0 Å². The third kappa shape index (κ3) is 5.14. The van der Waals surface area contributed by atoms with Gasteiger partial charge in [0.25, 0.3) is 0 Å². The molecule has 0 saturated carbocycles. The van der Waals surface area contributed by atoms with Gasteiger partial charge in [0.15, 0.2) is 0 Å². The fourth-order valence-corrected chi connectivity index (χ4v) is 3.73. The molecular weight excluding hydrogens is 372 g/mol. The SMILES string of the molecule is Cc1cc(=O)oc2cc(NC(=O)NCCCN3CCC[C@H]3C(=O)N(C)C)ccc12. The van der Waals surface area contributed by atoms with Crippen LogP contribution in [0.25, 0.3) is 11.0 Å². The van der Waals surface area contributed by atoms with Crippen LogP contribution in [0.2, 0.25) is 0 Å². The zero-order valence-corrected chi connectivity index (χ0v) is 17.2. The van der Waals surface area contributed by atoms with Crippen LogP contribution in [-0.2, 0) is 4.79 Å². The van der Waals surface area contributed by atoms with E-state index in [0.717, 1.165) is 43.3 Å². The molecule has 1 saturated heterocycles. The van der Waals surface area contributed by atoms with Crippen LogP contribution in [-0.4, -0.2) is 61.5 Å². The van der Waals surface area contributed by atoms with Gasteiger partial charge in [0.1, 0.15) is 5.58 Å². The maximum Gasteiger partial charge on any atom is 0.336 e. The number of nitrogens with zero attached hydrogens (tertiary/aromatic N) is 2. The van der Waals surface area contributed by atoms with Gasteiger partial charge in [-0.05, 0) is 50.4 Å². The highest BCUT2D eigenvalue weighted by Crippen LogP contribution is 2.21. The Balaban J connectivity index is 1.47. The number of aryl methyl sites for hydroxylation is 1. The van der Waals surface area contributed by atoms with Crippen molar-refractivity contribution in [1.82, 2.24) is 15.1 Å². The van der Waals surface area contributed by atoms with E-state index < -0.39 is 5.63 Å². The Kier molecular flexibility index (Phi) is 6.53. The lowest BCUT2D eigenvalue weighted by Gasteiger charge is -2.26. The zero-order chi connectivity index (χ0) is 21.0. The number of carbonyl (C=O) groups excluding carboxylic acids is 2. The lowest BCUT2D eigenvalue weighted by atomic mass is 10.1. The largest absolute Gasteiger partial charge is 0.423 e. The third-order valence-corrected chi connectivity index (χ3v) is 5.21. The molecule has 1 atom stereocenters. The highest BCUT2D eigenvalue weighted by molar-refractivity contribution is 5.92. The first-order chi connectivity index (χ1) is 13.8. The van der Waals surface area contributed by atoms with E-state index in [0.29, 0.717) is 17.8 Å². The average molecular weight is 400 g/mol. The maximum atomic E-state index is 12.2. The van der Waals surface area contributed by atoms with E-state index in [1.165, 1.54) is 6.07 Å². The minimum atomic E-state index is -0.412. The van der Waals surface area contributed by atoms with Gasteiger partial charge < -0.3 is 20.0 Å². The van der Waals surface area contributed by atoms with E-state index in [4.69, 9.17) is 4.42 Å². The molecule has 2 N–H and O–H groups in total. The van der Waals surface area contributed by atoms with E-state index in [2.05, 4.69) is 15.5 Å². The number of anilines is 1. The number of fused-ring (bicyclic) bond motifs is 1. The molecular formula is C21H28N4O4. The topological polar surface area (TPSA) is 94.9 Å². The van der Waals surface area contributed by atoms with Gasteiger partial charge in [-0.25, -0.2) is 9.59 Å². The van der Waals surface area contributed by atoms with Crippen molar-refractivity contribution in [2.45, 2.75) is 32.2 Å². The molecule has 3 rings (SSSR count). The summed E-state index contributed by atoms with van der Waals surface area (Å²) in [6.07, 6.45) is 2.68. The molecule has 3 amide bonds. The van der Waals surface area contributed by atoms with Crippen LogP contribution >= 0.6 is 0 Å². The Morgan fingerprint density at radius 2 is 2.07 bits per heavy atom. The summed E-state index contributed by atoms with van der Waals surface area (Å²) >= 11 is 0. The van der Waals surface area contributed by atoms with Crippen molar-refractivity contribution in [3.63, 3.8) is 0 Å². The predicted octanol–water partition coefficient (Wildman–Crippen LogP) is 2.17. The van der Waals surface area contributed by atoms with Gasteiger partial charge >= 0.3 is 11.7 Å². The molecule has 156 valence electrons. The van der Waals surface area contributed by atoms with Gasteiger partial charge in [0, 0.05) is 50.4 Å². The van der Waals surface area contributed by atoms with Crippen molar-refractivity contribution < 1.29 is 14.0 Å². The minimum Gasteiger partial charge on any atom is -0.423 e. The summed E-state index contributed by atoms with van der Waals surface area (Å²) in [4.78, 5) is 39.7. The summed E-state index contributed by atoms with van der Waals surface area (Å²) in [6.45, 7) is 4.03. The second-order valence-corrected chi connectivity index (χ2v) is 7.62. The first kappa shape index (κ1) is 20.9. The normalized spacial score (nSPS) is 16.7. The fraction of sp³-hybridized carbons (Fsp3) is 0.476. The number of hydrogen-bond donors (Lipinski definition) is 2. The van der Waals surface area contributed by atoms with Crippen molar-refractivity contribution in [3.05, 3.63) is 40.2 Å². The van der Waals surface area contributed by atoms with E-state index in [-0.39, 0.29) is 18.0 Å². The molecule has 1 aliphatic rings. The number of likely N-dealkylation sites (tertiary alicyclic amines) is 1. The minimum absolute atomic E-state index is 0.0467. The van der Waals surface area contributed by atoms with Gasteiger partial charge in [-0.15, -0.1) is 0 Å². The van der Waals surface area contributed by atoms with E-state index in [1.54, 1.807) is 31.1 Å². The van der Waals surface area contributed by atoms with Crippen LogP contribution in [0.3, 0.4) is 0 Å². The second kappa shape index (κ2) is 9.09. The van der Waals surface area contributed by atoms with Crippen LogP contribution in [0.1, 0.15) is 24.8 Å². The van der Waals surface area contributed by atoms with Crippen LogP contribution < -0.4 is 16.3 Å². The molecule has 8 nitrogen and oxygen atoms in total. The summed E-state index contributed by atoms with van der Waals surface area (Å²) in [7, 11) is 3.56. The Morgan fingerprint density at radius 1 is 1.28 bits per heavy atom. The van der Waals surface area contributed by atoms with Crippen molar-refractivity contribution in [2.24, 2.45) is 0 Å². The Bertz CT molecular complexity index is 953. The first-order valence-corrected chi connectivity index (χ1v) is 9.90. The molecule has 0 bridgehead atoms. The molecule has 1 aliphatic heterocycles. The number of likely N-dealkylation sites (N-methyl/N-ethyl adjacent to an activating group) is 1. The third-order valence-electron chi connectivity index (χ3n) is 5.21. The summed E-state index contributed by atoms with van der Waals surface area (Å²) in [6, 6.07) is 6.32.